The van der Waals surface area contributed by atoms with E-state index in [1.54, 1.807) is 48.5 Å². The fourth-order valence-corrected chi connectivity index (χ4v) is 2.19. The van der Waals surface area contributed by atoms with Crippen LogP contribution in [0.15, 0.2) is 53.6 Å². The maximum atomic E-state index is 12.0. The largest absolute Gasteiger partial charge is 0.494 e. The Hall–Kier alpha value is -2.86. The van der Waals surface area contributed by atoms with Crippen molar-refractivity contribution in [3.05, 3.63) is 64.7 Å². The zero-order chi connectivity index (χ0) is 18.8. The molecule has 0 spiro atoms. The highest BCUT2D eigenvalue weighted by atomic mass is 35.5. The maximum Gasteiger partial charge on any atom is 0.259 e. The number of rotatable bonds is 8. The van der Waals surface area contributed by atoms with Gasteiger partial charge in [0.2, 0.25) is 0 Å². The van der Waals surface area contributed by atoms with Crippen molar-refractivity contribution in [2.24, 2.45) is 5.10 Å². The lowest BCUT2D eigenvalue weighted by atomic mass is 10.2. The van der Waals surface area contributed by atoms with Gasteiger partial charge in [0, 0.05) is 10.6 Å². The summed E-state index contributed by atoms with van der Waals surface area (Å²) >= 11 is 5.86. The first kappa shape index (κ1) is 19.5. The van der Waals surface area contributed by atoms with E-state index in [4.69, 9.17) is 16.3 Å². The molecule has 26 heavy (non-hydrogen) atoms. The Bertz CT molecular complexity index is 776. The van der Waals surface area contributed by atoms with Gasteiger partial charge < -0.3 is 10.1 Å². The van der Waals surface area contributed by atoms with Crippen molar-refractivity contribution in [1.82, 2.24) is 10.7 Å². The van der Waals surface area contributed by atoms with Gasteiger partial charge >= 0.3 is 0 Å². The minimum atomic E-state index is -0.431. The Kier molecular flexibility index (Phi) is 7.64. The molecule has 0 saturated carbocycles. The Balaban J connectivity index is 1.76. The standard InChI is InChI=1S/C19H20ClN3O3/c1-2-10-26-17-8-6-15(7-9-17)19(25)21-13-18(24)23-22-12-14-4-3-5-16(20)11-14/h3-9,11-12H,2,10,13H2,1H3,(H,21,25)(H,23,24)/b22-12-. The first-order valence-electron chi connectivity index (χ1n) is 8.17. The highest BCUT2D eigenvalue weighted by molar-refractivity contribution is 6.30. The molecule has 2 aromatic carbocycles. The number of hydrazone groups is 1. The SMILES string of the molecule is CCCOc1ccc(C(=O)NCC(=O)N/N=C\c2cccc(Cl)c2)cc1. The van der Waals surface area contributed by atoms with Crippen molar-refractivity contribution in [1.29, 1.82) is 0 Å². The number of ether oxygens (including phenoxy) is 1. The molecule has 136 valence electrons. The molecule has 0 heterocycles. The van der Waals surface area contributed by atoms with Gasteiger partial charge in [-0.2, -0.15) is 5.10 Å². The number of carbonyl (C=O) groups is 2. The molecule has 0 aromatic heterocycles. The topological polar surface area (TPSA) is 79.8 Å². The number of nitrogens with zero attached hydrogens (tertiary/aromatic N) is 1. The van der Waals surface area contributed by atoms with Crippen molar-refractivity contribution in [3.8, 4) is 5.75 Å². The molecule has 0 atom stereocenters. The van der Waals surface area contributed by atoms with Crippen molar-refractivity contribution >= 4 is 29.6 Å². The molecule has 0 radical (unpaired) electrons. The van der Waals surface area contributed by atoms with Crippen molar-refractivity contribution in [2.75, 3.05) is 13.2 Å². The van der Waals surface area contributed by atoms with E-state index in [0.29, 0.717) is 22.9 Å². The smallest absolute Gasteiger partial charge is 0.259 e. The van der Waals surface area contributed by atoms with Crippen LogP contribution in [0.25, 0.3) is 0 Å². The summed E-state index contributed by atoms with van der Waals surface area (Å²) in [5.74, 6) is -0.0722. The number of benzene rings is 2. The van der Waals surface area contributed by atoms with E-state index in [0.717, 1.165) is 12.0 Å². The first-order valence-corrected chi connectivity index (χ1v) is 8.55. The molecule has 0 aliphatic rings. The number of hydrogen-bond acceptors (Lipinski definition) is 4. The van der Waals surface area contributed by atoms with Gasteiger partial charge in [-0.3, -0.25) is 9.59 Å². The molecule has 0 aliphatic carbocycles. The normalized spacial score (nSPS) is 10.5. The van der Waals surface area contributed by atoms with Crippen LogP contribution in [-0.2, 0) is 4.79 Å². The van der Waals surface area contributed by atoms with Crippen LogP contribution in [-0.4, -0.2) is 31.2 Å². The van der Waals surface area contributed by atoms with Gasteiger partial charge in [0.15, 0.2) is 0 Å². The quantitative estimate of drug-likeness (QED) is 0.551. The Morgan fingerprint density at radius 3 is 2.65 bits per heavy atom. The lowest BCUT2D eigenvalue weighted by Gasteiger charge is -2.07. The molecule has 7 heteroatoms. The third-order valence-electron chi connectivity index (χ3n) is 3.25. The number of amides is 2. The zero-order valence-electron chi connectivity index (χ0n) is 14.4. The van der Waals surface area contributed by atoms with E-state index >= 15 is 0 Å². The van der Waals surface area contributed by atoms with Crippen LogP contribution in [0.5, 0.6) is 5.75 Å². The molecular weight excluding hydrogens is 354 g/mol. The third-order valence-corrected chi connectivity index (χ3v) is 3.49. The van der Waals surface area contributed by atoms with Crippen molar-refractivity contribution in [2.45, 2.75) is 13.3 Å². The summed E-state index contributed by atoms with van der Waals surface area (Å²) in [5.41, 5.74) is 3.55. The van der Waals surface area contributed by atoms with E-state index in [2.05, 4.69) is 15.8 Å². The van der Waals surface area contributed by atoms with Gasteiger partial charge in [0.25, 0.3) is 11.8 Å². The summed E-state index contributed by atoms with van der Waals surface area (Å²) in [5, 5.41) is 6.94. The van der Waals surface area contributed by atoms with Crippen LogP contribution in [0.2, 0.25) is 5.02 Å². The summed E-state index contributed by atoms with van der Waals surface area (Å²) in [7, 11) is 0. The fraction of sp³-hybridized carbons (Fsp3) is 0.211. The number of hydrogen-bond donors (Lipinski definition) is 2. The van der Waals surface area contributed by atoms with Gasteiger partial charge in [0.1, 0.15) is 5.75 Å². The van der Waals surface area contributed by atoms with Gasteiger partial charge in [-0.05, 0) is 48.4 Å². The van der Waals surface area contributed by atoms with Crippen LogP contribution in [0.3, 0.4) is 0 Å². The molecular formula is C19H20ClN3O3. The Morgan fingerprint density at radius 1 is 1.19 bits per heavy atom. The first-order chi connectivity index (χ1) is 12.6. The summed E-state index contributed by atoms with van der Waals surface area (Å²) in [4.78, 5) is 23.7. The molecule has 0 saturated heterocycles. The zero-order valence-corrected chi connectivity index (χ0v) is 15.1. The monoisotopic (exact) mass is 373 g/mol. The second-order valence-electron chi connectivity index (χ2n) is 5.40. The van der Waals surface area contributed by atoms with Crippen LogP contribution in [0, 0.1) is 0 Å². The molecule has 2 amide bonds. The molecule has 2 aromatic rings. The van der Waals surface area contributed by atoms with E-state index in [9.17, 15) is 9.59 Å². The van der Waals surface area contributed by atoms with E-state index in [-0.39, 0.29) is 12.5 Å². The summed E-state index contributed by atoms with van der Waals surface area (Å²) in [6.45, 7) is 2.47. The lowest BCUT2D eigenvalue weighted by molar-refractivity contribution is -0.120. The van der Waals surface area contributed by atoms with Gasteiger partial charge in [-0.25, -0.2) is 5.43 Å². The van der Waals surface area contributed by atoms with E-state index in [1.807, 2.05) is 6.92 Å². The summed E-state index contributed by atoms with van der Waals surface area (Å²) in [6.07, 6.45) is 2.39. The number of carbonyl (C=O) groups excluding carboxylic acids is 2. The molecule has 6 nitrogen and oxygen atoms in total. The molecule has 0 fully saturated rings. The molecule has 0 unspecified atom stereocenters. The highest BCUT2D eigenvalue weighted by Gasteiger charge is 2.07. The van der Waals surface area contributed by atoms with Gasteiger partial charge in [0.05, 0.1) is 19.4 Å². The van der Waals surface area contributed by atoms with Crippen LogP contribution in [0.1, 0.15) is 29.3 Å². The van der Waals surface area contributed by atoms with Crippen molar-refractivity contribution in [3.63, 3.8) is 0 Å². The Morgan fingerprint density at radius 2 is 1.96 bits per heavy atom. The average molecular weight is 374 g/mol. The molecule has 0 aliphatic heterocycles. The third kappa shape index (κ3) is 6.57. The van der Waals surface area contributed by atoms with Gasteiger partial charge in [-0.15, -0.1) is 0 Å². The molecule has 2 rings (SSSR count). The van der Waals surface area contributed by atoms with E-state index < -0.39 is 5.91 Å². The van der Waals surface area contributed by atoms with Crippen LogP contribution in [0.4, 0.5) is 0 Å². The Labute approximate surface area is 157 Å². The number of halogens is 1. The van der Waals surface area contributed by atoms with Gasteiger partial charge in [-0.1, -0.05) is 30.7 Å². The predicted octanol–water partition coefficient (Wildman–Crippen LogP) is 3.01. The fourth-order valence-electron chi connectivity index (χ4n) is 1.99. The summed E-state index contributed by atoms with van der Waals surface area (Å²) in [6, 6.07) is 13.8. The molecule has 2 N–H and O–H groups in total. The lowest BCUT2D eigenvalue weighted by Crippen LogP contribution is -2.34. The van der Waals surface area contributed by atoms with Crippen molar-refractivity contribution < 1.29 is 14.3 Å². The van der Waals surface area contributed by atoms with Crippen LogP contribution < -0.4 is 15.5 Å². The average Bonchev–Trinajstić information content (AvgIpc) is 2.65. The van der Waals surface area contributed by atoms with Crippen LogP contribution >= 0.6 is 11.6 Å². The maximum absolute atomic E-state index is 12.0. The highest BCUT2D eigenvalue weighted by Crippen LogP contribution is 2.12. The second kappa shape index (κ2) is 10.2. The number of nitrogens with one attached hydrogen (secondary N) is 2. The predicted molar refractivity (Wildman–Crippen MR) is 102 cm³/mol. The minimum Gasteiger partial charge on any atom is -0.494 e. The second-order valence-corrected chi connectivity index (χ2v) is 5.84. The summed E-state index contributed by atoms with van der Waals surface area (Å²) < 4.78 is 5.46. The molecule has 0 bridgehead atoms. The van der Waals surface area contributed by atoms with E-state index in [1.165, 1.54) is 6.21 Å². The minimum absolute atomic E-state index is 0.181.